The van der Waals surface area contributed by atoms with Gasteiger partial charge in [0.05, 0.1) is 23.3 Å². The van der Waals surface area contributed by atoms with Crippen LogP contribution in [0.15, 0.2) is 78.9 Å². The van der Waals surface area contributed by atoms with E-state index in [-0.39, 0.29) is 0 Å². The van der Waals surface area contributed by atoms with Crippen molar-refractivity contribution >= 4 is 39.4 Å². The fourth-order valence-corrected chi connectivity index (χ4v) is 5.71. The van der Waals surface area contributed by atoms with Gasteiger partial charge in [-0.05, 0) is 34.7 Å². The monoisotopic (exact) mass is 578 g/mol. The summed E-state index contributed by atoms with van der Waals surface area (Å²) in [4.78, 5) is 39.5. The number of allylic oxidation sites excluding steroid dienone is 1. The van der Waals surface area contributed by atoms with E-state index >= 15 is 0 Å². The molecular weight excluding hydrogens is 560 g/mol. The van der Waals surface area contributed by atoms with E-state index in [2.05, 4.69) is 12.2 Å². The average Bonchev–Trinajstić information content (AvgIpc) is 3.78. The van der Waals surface area contributed by atoms with Crippen molar-refractivity contribution in [2.75, 3.05) is 0 Å². The van der Waals surface area contributed by atoms with Crippen molar-refractivity contribution in [3.05, 3.63) is 90.0 Å². The van der Waals surface area contributed by atoms with Crippen LogP contribution < -0.4 is 9.97 Å². The second-order valence-corrected chi connectivity index (χ2v) is 9.95. The molecule has 0 saturated heterocycles. The molecular formula is C32H18N8OTi. The van der Waals surface area contributed by atoms with Crippen molar-refractivity contribution in [2.45, 2.75) is 12.8 Å². The molecule has 3 aromatic heterocycles. The zero-order valence-corrected chi connectivity index (χ0v) is 23.5. The molecule has 9 nitrogen and oxygen atoms in total. The van der Waals surface area contributed by atoms with Crippen LogP contribution in [0.4, 0.5) is 0 Å². The summed E-state index contributed by atoms with van der Waals surface area (Å²) in [5, 5.41) is 1.80. The Labute approximate surface area is 250 Å². The summed E-state index contributed by atoms with van der Waals surface area (Å²) in [6, 6.07) is 24.0. The van der Waals surface area contributed by atoms with E-state index in [1.807, 2.05) is 72.8 Å². The first-order chi connectivity index (χ1) is 20.8. The van der Waals surface area contributed by atoms with Gasteiger partial charge in [0.2, 0.25) is 0 Å². The Morgan fingerprint density at radius 3 is 1.48 bits per heavy atom. The first-order valence-electron chi connectivity index (χ1n) is 13.4. The number of hydrogen-bond acceptors (Lipinski definition) is 7. The summed E-state index contributed by atoms with van der Waals surface area (Å²) in [5.74, 6) is 2.30. The van der Waals surface area contributed by atoms with Crippen LogP contribution in [0.1, 0.15) is 17.5 Å². The van der Waals surface area contributed by atoms with E-state index < -0.39 is 0 Å². The molecule has 0 unspecified atom stereocenters. The molecule has 0 N–H and O–H groups in total. The molecule has 0 radical (unpaired) electrons. The van der Waals surface area contributed by atoms with E-state index in [1.165, 1.54) is 0 Å². The van der Waals surface area contributed by atoms with Crippen molar-refractivity contribution in [2.24, 2.45) is 0 Å². The van der Waals surface area contributed by atoms with E-state index in [0.29, 0.717) is 45.9 Å². The fourth-order valence-electron chi connectivity index (χ4n) is 5.71. The van der Waals surface area contributed by atoms with Crippen LogP contribution in [0.5, 0.6) is 0 Å². The van der Waals surface area contributed by atoms with E-state index in [9.17, 15) is 0 Å². The molecule has 0 saturated carbocycles. The molecule has 6 aromatic rings. The molecule has 3 aromatic carbocycles. The minimum atomic E-state index is 0.561. The van der Waals surface area contributed by atoms with Gasteiger partial charge in [0.1, 0.15) is 0 Å². The van der Waals surface area contributed by atoms with E-state index in [4.69, 9.17) is 43.2 Å². The van der Waals surface area contributed by atoms with Crippen molar-refractivity contribution in [3.8, 4) is 45.6 Å². The van der Waals surface area contributed by atoms with Crippen LogP contribution >= 0.6 is 0 Å². The van der Waals surface area contributed by atoms with Crippen molar-refractivity contribution in [1.82, 2.24) is 39.9 Å². The maximum absolute atomic E-state index is 8.25. The van der Waals surface area contributed by atoms with Gasteiger partial charge in [-0.3, -0.25) is 0 Å². The summed E-state index contributed by atoms with van der Waals surface area (Å²) in [6.07, 6.45) is 6.01. The van der Waals surface area contributed by atoms with Crippen molar-refractivity contribution in [1.29, 1.82) is 0 Å². The minimum absolute atomic E-state index is 0.561. The SMILES string of the molecule is C1=Cc2c(c3nc4nc(nc5[n-]c(nc6nc(nc2[n-]3)-c2ccccc2-6)c2ccccc52)-c2ccccc2-4)CC1.[O]=[Ti+2]. The Bertz CT molecular complexity index is 2270. The van der Waals surface area contributed by atoms with Gasteiger partial charge < -0.3 is 29.9 Å². The van der Waals surface area contributed by atoms with Crippen LogP contribution in [-0.4, -0.2) is 29.9 Å². The van der Waals surface area contributed by atoms with Gasteiger partial charge in [0, 0.05) is 44.8 Å². The third kappa shape index (κ3) is 3.82. The summed E-state index contributed by atoms with van der Waals surface area (Å²) >= 11 is 0.750. The average molecular weight is 578 g/mol. The van der Waals surface area contributed by atoms with Crippen LogP contribution in [0.25, 0.3) is 85.0 Å². The first-order valence-corrected chi connectivity index (χ1v) is 14.0. The van der Waals surface area contributed by atoms with Gasteiger partial charge in [-0.15, -0.1) is 0 Å². The number of hydrogen-bond donors (Lipinski definition) is 0. The Balaban J connectivity index is 0.00000131. The molecule has 0 fully saturated rings. The fraction of sp³-hybridized carbons (Fsp3) is 0.0625. The number of aryl methyl sites for hydroxylation is 1. The quantitative estimate of drug-likeness (QED) is 0.205. The number of rotatable bonds is 0. The predicted octanol–water partition coefficient (Wildman–Crippen LogP) is 5.81. The van der Waals surface area contributed by atoms with E-state index in [0.717, 1.165) is 77.4 Å². The zero-order chi connectivity index (χ0) is 28.2. The van der Waals surface area contributed by atoms with Gasteiger partial charge in [0.25, 0.3) is 0 Å². The molecule has 2 aliphatic heterocycles. The predicted molar refractivity (Wildman–Crippen MR) is 155 cm³/mol. The molecule has 0 spiro atoms. The summed E-state index contributed by atoms with van der Waals surface area (Å²) in [6.45, 7) is 0. The molecule has 0 atom stereocenters. The van der Waals surface area contributed by atoms with Crippen molar-refractivity contribution < 1.29 is 23.7 Å². The molecule has 10 heteroatoms. The third-order valence-corrected chi connectivity index (χ3v) is 7.60. The van der Waals surface area contributed by atoms with Gasteiger partial charge in [-0.25, -0.2) is 9.97 Å². The van der Waals surface area contributed by atoms with Gasteiger partial charge in [-0.2, -0.15) is 0 Å². The second-order valence-electron chi connectivity index (χ2n) is 9.95. The summed E-state index contributed by atoms with van der Waals surface area (Å²) in [5.41, 5.74) is 8.07. The number of aromatic nitrogens is 8. The third-order valence-electron chi connectivity index (χ3n) is 7.60. The topological polar surface area (TPSA) is 123 Å². The normalized spacial score (nSPS) is 12.7. The van der Waals surface area contributed by atoms with Gasteiger partial charge in [-0.1, -0.05) is 84.9 Å². The Morgan fingerprint density at radius 2 is 0.952 bits per heavy atom. The Morgan fingerprint density at radius 1 is 0.524 bits per heavy atom. The number of nitrogens with zero attached hydrogens (tertiary/aromatic N) is 8. The second kappa shape index (κ2) is 9.83. The molecule has 8 bridgehead atoms. The van der Waals surface area contributed by atoms with Crippen LogP contribution in [0, 0.1) is 0 Å². The molecule has 1 aliphatic carbocycles. The molecule has 5 heterocycles. The molecule has 9 rings (SSSR count). The molecule has 196 valence electrons. The van der Waals surface area contributed by atoms with E-state index in [1.54, 1.807) is 0 Å². The first kappa shape index (κ1) is 24.8. The Hall–Kier alpha value is -4.99. The number of benzene rings is 3. The van der Waals surface area contributed by atoms with Gasteiger partial charge >= 0.3 is 23.7 Å². The number of fused-ring (bicyclic) bond motifs is 20. The molecule has 42 heavy (non-hydrogen) atoms. The molecule has 0 amide bonds. The Kier molecular flexibility index (Phi) is 5.80. The zero-order valence-electron chi connectivity index (χ0n) is 22.0. The van der Waals surface area contributed by atoms with Crippen LogP contribution in [0.3, 0.4) is 0 Å². The molecule has 3 aliphatic rings. The summed E-state index contributed by atoms with van der Waals surface area (Å²) < 4.78 is 8.25. The summed E-state index contributed by atoms with van der Waals surface area (Å²) in [7, 11) is 0. The van der Waals surface area contributed by atoms with Crippen molar-refractivity contribution in [3.63, 3.8) is 0 Å². The van der Waals surface area contributed by atoms with Crippen LogP contribution in [-0.2, 0) is 30.1 Å². The standard InChI is InChI=1S/C32H18N8.O.Ti/c1-2-10-18-17(9-1)25-33-26(18)38-28-21-13-5-6-14-22(21)30(35-28)40-32-24-16-8-7-15-23(24)31(36-32)39-29-20-12-4-3-11-19(20)27(34-29)37-25;;/h1-7,9-15H,8,16H2;;/q-2;;+2. The van der Waals surface area contributed by atoms with Gasteiger partial charge in [0.15, 0.2) is 0 Å². The maximum atomic E-state index is 8.25. The van der Waals surface area contributed by atoms with Crippen LogP contribution in [0.2, 0.25) is 0 Å².